The number of alkyl halides is 2. The number of aryl methyl sites for hydroxylation is 2. The van der Waals surface area contributed by atoms with E-state index in [2.05, 4.69) is 26.5 Å². The van der Waals surface area contributed by atoms with E-state index in [1.165, 1.54) is 12.1 Å². The molecule has 1 N–H and O–H groups in total. The number of halogens is 2. The summed E-state index contributed by atoms with van der Waals surface area (Å²) in [6, 6.07) is 9.15. The lowest BCUT2D eigenvalue weighted by Crippen LogP contribution is -2.64. The predicted octanol–water partition coefficient (Wildman–Crippen LogP) is 4.73. The van der Waals surface area contributed by atoms with Crippen molar-refractivity contribution in [2.24, 2.45) is 0 Å². The van der Waals surface area contributed by atoms with Gasteiger partial charge in [-0.05, 0) is 44.9 Å². The Morgan fingerprint density at radius 3 is 2.52 bits per heavy atom. The molecule has 2 saturated heterocycles. The molecule has 0 radical (unpaired) electrons. The van der Waals surface area contributed by atoms with Gasteiger partial charge in [-0.2, -0.15) is 5.10 Å². The van der Waals surface area contributed by atoms with E-state index < -0.39 is 6.43 Å². The fraction of sp³-hybridized carbons (Fsp3) is 0.435. The largest absolute Gasteiger partial charge is 0.377 e. The monoisotopic (exact) mass is 425 g/mol. The summed E-state index contributed by atoms with van der Waals surface area (Å²) in [7, 11) is 0. The van der Waals surface area contributed by atoms with E-state index in [0.717, 1.165) is 53.2 Å². The van der Waals surface area contributed by atoms with Crippen LogP contribution >= 0.6 is 0 Å². The van der Waals surface area contributed by atoms with E-state index in [1.54, 1.807) is 6.07 Å². The quantitative estimate of drug-likeness (QED) is 0.638. The molecule has 8 heteroatoms. The van der Waals surface area contributed by atoms with Crippen LogP contribution in [-0.4, -0.2) is 40.5 Å². The van der Waals surface area contributed by atoms with E-state index in [9.17, 15) is 8.78 Å². The van der Waals surface area contributed by atoms with Gasteiger partial charge in [-0.1, -0.05) is 18.2 Å². The van der Waals surface area contributed by atoms with Crippen LogP contribution in [0.1, 0.15) is 48.3 Å². The highest BCUT2D eigenvalue weighted by atomic mass is 19.3. The number of fused-ring (bicyclic) bond motifs is 3. The Kier molecular flexibility index (Phi) is 4.97. The third kappa shape index (κ3) is 3.48. The standard InChI is InChI=1S/C23H25F2N5O/c1-12(15-5-4-6-16(7-15)22(24)25)27-23-19-9-20(30-17-8-18(30)11-31-10-17)13(2)26-21(19)14(3)28-29-23/h4-7,9,12,17-18,22H,8,10-11H2,1-3H3,(H,27,29)/t12-,17?,18?/m1/s1. The van der Waals surface area contributed by atoms with E-state index in [1.807, 2.05) is 26.8 Å². The van der Waals surface area contributed by atoms with Crippen LogP contribution in [0.25, 0.3) is 10.9 Å². The van der Waals surface area contributed by atoms with Crippen molar-refractivity contribution in [3.8, 4) is 0 Å². The molecule has 2 fully saturated rings. The summed E-state index contributed by atoms with van der Waals surface area (Å²) in [5, 5.41) is 12.9. The second-order valence-electron chi connectivity index (χ2n) is 8.45. The zero-order chi connectivity index (χ0) is 21.7. The lowest BCUT2D eigenvalue weighted by atomic mass is 9.90. The Labute approximate surface area is 179 Å². The highest BCUT2D eigenvalue weighted by molar-refractivity contribution is 5.93. The topological polar surface area (TPSA) is 63.2 Å². The van der Waals surface area contributed by atoms with Crippen molar-refractivity contribution in [3.63, 3.8) is 0 Å². The molecule has 3 atom stereocenters. The molecular weight excluding hydrogens is 400 g/mol. The predicted molar refractivity (Wildman–Crippen MR) is 116 cm³/mol. The molecule has 2 aliphatic rings. The van der Waals surface area contributed by atoms with Crippen LogP contribution in [-0.2, 0) is 4.74 Å². The number of pyridine rings is 1. The molecule has 162 valence electrons. The van der Waals surface area contributed by atoms with Crippen LogP contribution in [0.15, 0.2) is 30.3 Å². The number of aromatic nitrogens is 3. The number of anilines is 2. The third-order valence-corrected chi connectivity index (χ3v) is 6.33. The molecule has 31 heavy (non-hydrogen) atoms. The van der Waals surface area contributed by atoms with E-state index in [4.69, 9.17) is 9.72 Å². The normalized spacial score (nSPS) is 21.3. The molecule has 2 bridgehead atoms. The number of rotatable bonds is 5. The van der Waals surface area contributed by atoms with Gasteiger partial charge in [0.05, 0.1) is 53.9 Å². The minimum Gasteiger partial charge on any atom is -0.377 e. The van der Waals surface area contributed by atoms with E-state index >= 15 is 0 Å². The molecule has 0 spiro atoms. The van der Waals surface area contributed by atoms with Gasteiger partial charge < -0.3 is 15.0 Å². The first-order chi connectivity index (χ1) is 14.9. The molecule has 6 nitrogen and oxygen atoms in total. The van der Waals surface area contributed by atoms with Gasteiger partial charge in [0.2, 0.25) is 0 Å². The summed E-state index contributed by atoms with van der Waals surface area (Å²) in [6.45, 7) is 7.33. The Hall–Kier alpha value is -2.87. The number of benzene rings is 1. The van der Waals surface area contributed by atoms with Gasteiger partial charge in [0.15, 0.2) is 5.82 Å². The molecule has 0 aliphatic carbocycles. The van der Waals surface area contributed by atoms with Gasteiger partial charge in [-0.15, -0.1) is 5.10 Å². The maximum absolute atomic E-state index is 13.1. The van der Waals surface area contributed by atoms with E-state index in [-0.39, 0.29) is 11.6 Å². The van der Waals surface area contributed by atoms with Crippen LogP contribution in [0.4, 0.5) is 20.3 Å². The smallest absolute Gasteiger partial charge is 0.263 e. The Morgan fingerprint density at radius 1 is 1.06 bits per heavy atom. The number of ether oxygens (including phenoxy) is 1. The summed E-state index contributed by atoms with van der Waals surface area (Å²) >= 11 is 0. The maximum Gasteiger partial charge on any atom is 0.263 e. The second-order valence-corrected chi connectivity index (χ2v) is 8.45. The lowest BCUT2D eigenvalue weighted by molar-refractivity contribution is 0.0102. The van der Waals surface area contributed by atoms with Crippen LogP contribution < -0.4 is 10.2 Å². The van der Waals surface area contributed by atoms with E-state index in [0.29, 0.717) is 17.9 Å². The van der Waals surface area contributed by atoms with Crippen molar-refractivity contribution in [1.29, 1.82) is 0 Å². The molecule has 2 unspecified atom stereocenters. The van der Waals surface area contributed by atoms with Crippen molar-refractivity contribution >= 4 is 22.4 Å². The summed E-state index contributed by atoms with van der Waals surface area (Å²) in [4.78, 5) is 7.26. The minimum atomic E-state index is -2.50. The molecular formula is C23H25F2N5O. The number of morpholine rings is 1. The first-order valence-electron chi connectivity index (χ1n) is 10.6. The van der Waals surface area contributed by atoms with Crippen molar-refractivity contribution in [2.75, 3.05) is 23.4 Å². The molecule has 0 saturated carbocycles. The summed E-state index contributed by atoms with van der Waals surface area (Å²) in [5.41, 5.74) is 4.40. The van der Waals surface area contributed by atoms with Crippen LogP contribution in [0.2, 0.25) is 0 Å². The number of hydrogen-bond donors (Lipinski definition) is 1. The molecule has 4 heterocycles. The molecule has 3 aromatic rings. The van der Waals surface area contributed by atoms with Gasteiger partial charge in [-0.3, -0.25) is 0 Å². The second kappa shape index (κ2) is 7.67. The molecule has 0 amide bonds. The molecule has 2 aromatic heterocycles. The average molecular weight is 425 g/mol. The van der Waals surface area contributed by atoms with Gasteiger partial charge in [0.1, 0.15) is 0 Å². The van der Waals surface area contributed by atoms with Gasteiger partial charge >= 0.3 is 0 Å². The number of nitrogens with zero attached hydrogens (tertiary/aromatic N) is 4. The Bertz CT molecular complexity index is 1120. The van der Waals surface area contributed by atoms with Crippen molar-refractivity contribution in [1.82, 2.24) is 15.2 Å². The lowest BCUT2D eigenvalue weighted by Gasteiger charge is -2.54. The first-order valence-corrected chi connectivity index (χ1v) is 10.6. The molecule has 5 rings (SSSR count). The highest BCUT2D eigenvalue weighted by Gasteiger charge is 2.43. The van der Waals surface area contributed by atoms with Gasteiger partial charge in [0.25, 0.3) is 6.43 Å². The van der Waals surface area contributed by atoms with Crippen LogP contribution in [0.3, 0.4) is 0 Å². The van der Waals surface area contributed by atoms with Crippen LogP contribution in [0, 0.1) is 13.8 Å². The average Bonchev–Trinajstić information content (AvgIpc) is 2.77. The zero-order valence-corrected chi connectivity index (χ0v) is 17.8. The van der Waals surface area contributed by atoms with Crippen molar-refractivity contribution < 1.29 is 13.5 Å². The summed E-state index contributed by atoms with van der Waals surface area (Å²) in [5.74, 6) is 0.603. The van der Waals surface area contributed by atoms with Crippen LogP contribution in [0.5, 0.6) is 0 Å². The number of nitrogens with one attached hydrogen (secondary N) is 1. The minimum absolute atomic E-state index is 0.0112. The van der Waals surface area contributed by atoms with Gasteiger partial charge in [0, 0.05) is 10.9 Å². The fourth-order valence-corrected chi connectivity index (χ4v) is 4.63. The Morgan fingerprint density at radius 2 is 1.81 bits per heavy atom. The third-order valence-electron chi connectivity index (χ3n) is 6.33. The zero-order valence-electron chi connectivity index (χ0n) is 17.8. The molecule has 2 aliphatic heterocycles. The van der Waals surface area contributed by atoms with Crippen molar-refractivity contribution in [2.45, 2.75) is 51.7 Å². The molecule has 1 aromatic carbocycles. The SMILES string of the molecule is Cc1nc2c(C)nnc(N[C@H](C)c3cccc(C(F)F)c3)c2cc1N1C2COCC1C2. The van der Waals surface area contributed by atoms with Gasteiger partial charge in [-0.25, -0.2) is 13.8 Å². The fourth-order valence-electron chi connectivity index (χ4n) is 4.63. The summed E-state index contributed by atoms with van der Waals surface area (Å²) in [6.07, 6.45) is -1.35. The maximum atomic E-state index is 13.1. The van der Waals surface area contributed by atoms with Crippen molar-refractivity contribution in [3.05, 3.63) is 52.8 Å². The first kappa shape index (κ1) is 20.1. The Balaban J connectivity index is 1.52. The highest BCUT2D eigenvalue weighted by Crippen LogP contribution is 2.39. The number of hydrogen-bond acceptors (Lipinski definition) is 6. The summed E-state index contributed by atoms with van der Waals surface area (Å²) < 4.78 is 31.9.